The molecule has 2 aromatic carbocycles. The minimum atomic E-state index is -1.14. The molecule has 20 nitrogen and oxygen atoms in total. The molecule has 0 bridgehead atoms. The van der Waals surface area contributed by atoms with Gasteiger partial charge in [0.15, 0.2) is 0 Å². The number of nitrogens with one attached hydrogen (secondary N) is 4. The number of hydrogen-bond acceptors (Lipinski definition) is 15. The lowest BCUT2D eigenvalue weighted by Crippen LogP contribution is -2.58. The molecule has 2 fully saturated rings. The highest BCUT2D eigenvalue weighted by atomic mass is 32.1. The van der Waals surface area contributed by atoms with Crippen molar-refractivity contribution in [3.8, 4) is 10.4 Å². The van der Waals surface area contributed by atoms with Crippen LogP contribution >= 0.6 is 11.3 Å². The number of hydrogen-bond donors (Lipinski definition) is 5. The Kier molecular flexibility index (Phi) is 16.8. The third-order valence-corrected chi connectivity index (χ3v) is 12.0. The molecule has 0 spiro atoms. The van der Waals surface area contributed by atoms with Gasteiger partial charge in [-0.25, -0.2) is 4.98 Å². The van der Waals surface area contributed by atoms with Crippen LogP contribution in [-0.2, 0) is 54.3 Å². The number of thiazole rings is 1. The second-order valence-electron chi connectivity index (χ2n) is 17.0. The Bertz CT molecular complexity index is 2300. The van der Waals surface area contributed by atoms with E-state index in [1.807, 2.05) is 31.2 Å². The van der Waals surface area contributed by atoms with Crippen LogP contribution in [0.4, 0.5) is 5.69 Å². The van der Waals surface area contributed by atoms with Crippen molar-refractivity contribution in [1.29, 1.82) is 0 Å². The summed E-state index contributed by atoms with van der Waals surface area (Å²) in [5, 5.41) is 20.9. The molecule has 3 aliphatic heterocycles. The number of rotatable bonds is 21. The monoisotopic (exact) mass is 933 g/mol. The third kappa shape index (κ3) is 12.5. The molecular formula is C45H55N7O13S. The lowest BCUT2D eigenvalue weighted by molar-refractivity contribution is -0.144. The summed E-state index contributed by atoms with van der Waals surface area (Å²) in [5.41, 5.74) is 3.97. The number of likely N-dealkylation sites (tertiary alicyclic amines) is 1. The van der Waals surface area contributed by atoms with Crippen LogP contribution in [0.5, 0.6) is 0 Å². The summed E-state index contributed by atoms with van der Waals surface area (Å²) in [5.74, 6) is -4.66. The number of carbonyl (C=O) groups excluding carboxylic acids is 8. The Labute approximate surface area is 385 Å². The molecule has 354 valence electrons. The van der Waals surface area contributed by atoms with E-state index in [0.29, 0.717) is 0 Å². The summed E-state index contributed by atoms with van der Waals surface area (Å²) in [4.78, 5) is 111. The average molecular weight is 934 g/mol. The van der Waals surface area contributed by atoms with E-state index < -0.39 is 76.9 Å². The number of aromatic nitrogens is 1. The zero-order valence-corrected chi connectivity index (χ0v) is 38.0. The van der Waals surface area contributed by atoms with Gasteiger partial charge in [-0.3, -0.25) is 48.6 Å². The highest BCUT2D eigenvalue weighted by Gasteiger charge is 2.46. The number of aryl methyl sites for hydroxylation is 1. The number of ether oxygens (including phenoxy) is 4. The van der Waals surface area contributed by atoms with Crippen molar-refractivity contribution in [3.63, 3.8) is 0 Å². The molecule has 6 rings (SSSR count). The summed E-state index contributed by atoms with van der Waals surface area (Å²) in [6.07, 6.45) is -0.845. The molecule has 0 saturated carbocycles. The first-order valence-corrected chi connectivity index (χ1v) is 22.4. The standard InChI is InChI=1S/C45H55N7O13S/c1-26-38(66-25-47-26)28-10-8-27(9-11-28)21-46-40(57)33-20-29(53)22-51(33)44(61)39(45(2,3)4)49-36(56)24-65-19-17-63-15-14-62-16-18-64-23-35(55)48-31-7-5-6-30-37(31)43(60)52(42(30)59)32-12-13-34(54)50-41(32)58/h5-11,25,29,32-33,39,53H,12-24H2,1-4H3,(H,46,57)(H,48,55)(H,49,56)(H,50,54,58)/t29-,32?,33+,39-/m1/s1. The van der Waals surface area contributed by atoms with E-state index in [9.17, 15) is 43.5 Å². The van der Waals surface area contributed by atoms with E-state index in [1.54, 1.807) is 37.6 Å². The molecule has 66 heavy (non-hydrogen) atoms. The van der Waals surface area contributed by atoms with Crippen molar-refractivity contribution in [2.75, 3.05) is 64.7 Å². The minimum Gasteiger partial charge on any atom is -0.391 e. The Hall–Kier alpha value is -5.97. The Balaban J connectivity index is 0.831. The normalized spacial score (nSPS) is 18.8. The van der Waals surface area contributed by atoms with Gasteiger partial charge in [0.1, 0.15) is 31.3 Å². The fourth-order valence-corrected chi connectivity index (χ4v) is 8.49. The molecule has 2 saturated heterocycles. The summed E-state index contributed by atoms with van der Waals surface area (Å²) in [7, 11) is 0. The number of aliphatic hydroxyl groups is 1. The maximum Gasteiger partial charge on any atom is 0.264 e. The smallest absolute Gasteiger partial charge is 0.264 e. The highest BCUT2D eigenvalue weighted by Crippen LogP contribution is 2.33. The number of β-amino-alcohol motifs (C(OH)–C–C–N with tert-alkyl or cyclic N) is 1. The minimum absolute atomic E-state index is 0.00591. The number of aliphatic hydroxyl groups excluding tert-OH is 1. The van der Waals surface area contributed by atoms with Crippen LogP contribution in [-0.4, -0.2) is 151 Å². The quantitative estimate of drug-likeness (QED) is 0.0746. The van der Waals surface area contributed by atoms with Gasteiger partial charge >= 0.3 is 0 Å². The summed E-state index contributed by atoms with van der Waals surface area (Å²) in [6.45, 7) is 7.63. The second kappa shape index (κ2) is 22.5. The number of piperidine rings is 1. The van der Waals surface area contributed by atoms with Gasteiger partial charge in [-0.1, -0.05) is 51.1 Å². The molecular weight excluding hydrogens is 879 g/mol. The van der Waals surface area contributed by atoms with Gasteiger partial charge in [-0.15, -0.1) is 11.3 Å². The van der Waals surface area contributed by atoms with Crippen LogP contribution in [0.2, 0.25) is 0 Å². The predicted molar refractivity (Wildman–Crippen MR) is 237 cm³/mol. The average Bonchev–Trinajstić information content (AvgIpc) is 3.96. The van der Waals surface area contributed by atoms with Gasteiger partial charge in [-0.2, -0.15) is 0 Å². The Morgan fingerprint density at radius 2 is 1.55 bits per heavy atom. The number of imide groups is 2. The second-order valence-corrected chi connectivity index (χ2v) is 17.9. The molecule has 4 heterocycles. The first-order valence-electron chi connectivity index (χ1n) is 21.5. The van der Waals surface area contributed by atoms with Gasteiger partial charge in [0.2, 0.25) is 35.4 Å². The molecule has 1 unspecified atom stereocenters. The van der Waals surface area contributed by atoms with E-state index in [2.05, 4.69) is 26.3 Å². The molecule has 5 N–H and O–H groups in total. The van der Waals surface area contributed by atoms with Gasteiger partial charge in [0.05, 0.1) is 78.6 Å². The lowest BCUT2D eigenvalue weighted by Gasteiger charge is -2.35. The number of carbonyl (C=O) groups is 8. The molecule has 3 aromatic rings. The Morgan fingerprint density at radius 3 is 2.17 bits per heavy atom. The SMILES string of the molecule is Cc1ncsc1-c1ccc(CNC(=O)[C@@H]2C[C@@H](O)CN2C(=O)[C@@H](NC(=O)COCCOCCOCCOCC(=O)Nc2cccc3c2C(=O)N(C2CCC(=O)NC2=O)C3=O)C(C)(C)C)cc1. The maximum absolute atomic E-state index is 13.9. The maximum atomic E-state index is 13.9. The van der Waals surface area contributed by atoms with Crippen LogP contribution in [0.3, 0.4) is 0 Å². The van der Waals surface area contributed by atoms with E-state index in [-0.39, 0.29) is 102 Å². The van der Waals surface area contributed by atoms with Crippen LogP contribution < -0.4 is 21.3 Å². The summed E-state index contributed by atoms with van der Waals surface area (Å²) in [6, 6.07) is 9.10. The van der Waals surface area contributed by atoms with E-state index in [4.69, 9.17) is 18.9 Å². The number of amides is 8. The van der Waals surface area contributed by atoms with Gasteiger partial charge < -0.3 is 44.9 Å². The zero-order valence-electron chi connectivity index (χ0n) is 37.2. The van der Waals surface area contributed by atoms with Crippen molar-refractivity contribution in [1.82, 2.24) is 30.7 Å². The zero-order chi connectivity index (χ0) is 47.5. The fraction of sp³-hybridized carbons (Fsp3) is 0.489. The van der Waals surface area contributed by atoms with Crippen molar-refractivity contribution >= 4 is 64.3 Å². The molecule has 4 atom stereocenters. The van der Waals surface area contributed by atoms with Crippen LogP contribution in [0.15, 0.2) is 48.0 Å². The molecule has 0 aliphatic carbocycles. The van der Waals surface area contributed by atoms with E-state index in [0.717, 1.165) is 26.6 Å². The summed E-state index contributed by atoms with van der Waals surface area (Å²) >= 11 is 1.55. The van der Waals surface area contributed by atoms with E-state index >= 15 is 0 Å². The number of benzene rings is 2. The molecule has 3 aliphatic rings. The topological polar surface area (TPSA) is 261 Å². The molecule has 8 amide bonds. The fourth-order valence-electron chi connectivity index (χ4n) is 7.68. The van der Waals surface area contributed by atoms with E-state index in [1.165, 1.54) is 23.1 Å². The van der Waals surface area contributed by atoms with Crippen LogP contribution in [0.25, 0.3) is 10.4 Å². The third-order valence-electron chi connectivity index (χ3n) is 11.0. The molecule has 0 radical (unpaired) electrons. The first kappa shape index (κ1) is 49.5. The molecule has 21 heteroatoms. The number of anilines is 1. The lowest BCUT2D eigenvalue weighted by atomic mass is 9.85. The predicted octanol–water partition coefficient (Wildman–Crippen LogP) is 1.33. The summed E-state index contributed by atoms with van der Waals surface area (Å²) < 4.78 is 21.8. The first-order chi connectivity index (χ1) is 31.5. The van der Waals surface area contributed by atoms with Crippen molar-refractivity contribution in [3.05, 3.63) is 70.4 Å². The van der Waals surface area contributed by atoms with Crippen molar-refractivity contribution in [2.24, 2.45) is 5.41 Å². The van der Waals surface area contributed by atoms with Crippen molar-refractivity contribution in [2.45, 2.75) is 77.7 Å². The number of fused-ring (bicyclic) bond motifs is 1. The highest BCUT2D eigenvalue weighted by molar-refractivity contribution is 7.13. The van der Waals surface area contributed by atoms with Gasteiger partial charge in [0.25, 0.3) is 11.8 Å². The van der Waals surface area contributed by atoms with Gasteiger partial charge in [-0.05, 0) is 42.0 Å². The van der Waals surface area contributed by atoms with Gasteiger partial charge in [0, 0.05) is 25.9 Å². The Morgan fingerprint density at radius 1 is 0.894 bits per heavy atom. The molecule has 1 aromatic heterocycles. The number of nitrogens with zero attached hydrogens (tertiary/aromatic N) is 3. The van der Waals surface area contributed by atoms with Crippen LogP contribution in [0, 0.1) is 12.3 Å². The largest absolute Gasteiger partial charge is 0.391 e. The van der Waals surface area contributed by atoms with Crippen LogP contribution in [0.1, 0.15) is 72.0 Å². The van der Waals surface area contributed by atoms with Crippen molar-refractivity contribution < 1.29 is 62.4 Å².